The van der Waals surface area contributed by atoms with Crippen LogP contribution < -0.4 is 9.80 Å². The molecular formula is C12H17N5O2. The summed E-state index contributed by atoms with van der Waals surface area (Å²) in [6.45, 7) is 5.65. The van der Waals surface area contributed by atoms with Crippen molar-refractivity contribution in [2.45, 2.75) is 13.2 Å². The van der Waals surface area contributed by atoms with Crippen molar-refractivity contribution in [3.05, 3.63) is 6.33 Å². The second-order valence-electron chi connectivity index (χ2n) is 4.42. The summed E-state index contributed by atoms with van der Waals surface area (Å²) in [4.78, 5) is 17.1. The lowest BCUT2D eigenvalue weighted by molar-refractivity contribution is 0.122. The van der Waals surface area contributed by atoms with Gasteiger partial charge in [-0.15, -0.1) is 0 Å². The lowest BCUT2D eigenvalue weighted by Gasteiger charge is -2.33. The smallest absolute Gasteiger partial charge is 0.213 e. The molecule has 7 nitrogen and oxygen atoms in total. The molecule has 1 atom stereocenters. The van der Waals surface area contributed by atoms with E-state index in [0.717, 1.165) is 24.6 Å². The first-order valence-corrected chi connectivity index (χ1v) is 6.45. The summed E-state index contributed by atoms with van der Waals surface area (Å²) in [5.41, 5.74) is 0.740. The molecule has 0 spiro atoms. The van der Waals surface area contributed by atoms with E-state index in [4.69, 9.17) is 6.17 Å². The molecule has 2 aliphatic heterocycles. The Hall–Kier alpha value is -1.73. The maximum atomic E-state index is 7.12. The van der Waals surface area contributed by atoms with Crippen LogP contribution in [0.1, 0.15) is 6.92 Å². The Kier molecular flexibility index (Phi) is 2.99. The number of aliphatic imine (C=N–C) groups is 1. The predicted octanol–water partition coefficient (Wildman–Crippen LogP) is 0.174. The van der Waals surface area contributed by atoms with E-state index in [0.29, 0.717) is 25.6 Å². The van der Waals surface area contributed by atoms with Gasteiger partial charge >= 0.3 is 0 Å². The topological polar surface area (TPSA) is 74.1 Å². The number of hydrogen-bond donors (Lipinski definition) is 1. The van der Waals surface area contributed by atoms with Crippen LogP contribution in [0, 0.1) is 0 Å². The summed E-state index contributed by atoms with van der Waals surface area (Å²) >= 11 is 0. The van der Waals surface area contributed by atoms with Crippen molar-refractivity contribution in [3.8, 4) is 0 Å². The van der Waals surface area contributed by atoms with Gasteiger partial charge in [0, 0.05) is 19.6 Å². The highest BCUT2D eigenvalue weighted by atomic mass is 16.5. The molecule has 19 heavy (non-hydrogen) atoms. The summed E-state index contributed by atoms with van der Waals surface area (Å²) in [5.74, 6) is 1.53. The summed E-state index contributed by atoms with van der Waals surface area (Å²) in [6, 6.07) is 0. The molecule has 0 radical (unpaired) electrons. The highest BCUT2D eigenvalue weighted by molar-refractivity contribution is 5.86. The third-order valence-electron chi connectivity index (χ3n) is 3.35. The quantitative estimate of drug-likeness (QED) is 0.839. The fraction of sp³-hybridized carbons (Fsp3) is 0.583. The first-order chi connectivity index (χ1) is 9.85. The molecule has 1 saturated heterocycles. The molecule has 0 bridgehead atoms. The minimum Gasteiger partial charge on any atom is -0.378 e. The van der Waals surface area contributed by atoms with Crippen molar-refractivity contribution >= 4 is 23.5 Å². The van der Waals surface area contributed by atoms with Crippen molar-refractivity contribution in [2.24, 2.45) is 4.99 Å². The van der Waals surface area contributed by atoms with Gasteiger partial charge in [0.1, 0.15) is 12.0 Å². The molecule has 1 N–H and O–H groups in total. The second-order valence-corrected chi connectivity index (χ2v) is 4.42. The third kappa shape index (κ3) is 2.15. The summed E-state index contributed by atoms with van der Waals surface area (Å²) in [7, 11) is 0. The monoisotopic (exact) mass is 264 g/mol. The van der Waals surface area contributed by atoms with Gasteiger partial charge in [0.15, 0.2) is 17.9 Å². The van der Waals surface area contributed by atoms with Crippen LogP contribution in [-0.4, -0.2) is 61.8 Å². The van der Waals surface area contributed by atoms with Crippen molar-refractivity contribution in [2.75, 3.05) is 42.6 Å². The second kappa shape index (κ2) is 5.10. The van der Waals surface area contributed by atoms with Crippen LogP contribution in [0.3, 0.4) is 0 Å². The first-order valence-electron chi connectivity index (χ1n) is 6.86. The van der Waals surface area contributed by atoms with Gasteiger partial charge in [-0.3, -0.25) is 0 Å². The highest BCUT2D eigenvalue weighted by Crippen LogP contribution is 2.37. The van der Waals surface area contributed by atoms with Crippen LogP contribution in [-0.2, 0) is 4.74 Å². The van der Waals surface area contributed by atoms with E-state index in [-0.39, 0.29) is 0 Å². The van der Waals surface area contributed by atoms with Crippen LogP contribution in [0.5, 0.6) is 0 Å². The Labute approximate surface area is 113 Å². The molecule has 0 saturated carbocycles. The average Bonchev–Trinajstić information content (AvgIpc) is 2.53. The van der Waals surface area contributed by atoms with Crippen LogP contribution in [0.4, 0.5) is 17.3 Å². The van der Waals surface area contributed by atoms with Crippen molar-refractivity contribution in [3.63, 3.8) is 0 Å². The number of fused-ring (bicyclic) bond motifs is 1. The molecule has 7 heteroatoms. The fourth-order valence-electron chi connectivity index (χ4n) is 2.36. The van der Waals surface area contributed by atoms with Crippen LogP contribution in [0.25, 0.3) is 0 Å². The van der Waals surface area contributed by atoms with Gasteiger partial charge in [-0.25, -0.2) is 15.0 Å². The molecule has 1 aromatic rings. The van der Waals surface area contributed by atoms with E-state index in [2.05, 4.69) is 25.0 Å². The SMILES string of the molecule is [2H]OC1C=Nc2c(N3CCOCC3)ncnc2N1CC. The van der Waals surface area contributed by atoms with E-state index in [1.807, 2.05) is 11.8 Å². The van der Waals surface area contributed by atoms with Gasteiger partial charge in [0.05, 0.1) is 19.4 Å². The van der Waals surface area contributed by atoms with Gasteiger partial charge in [0.2, 0.25) is 1.43 Å². The number of aliphatic hydroxyl groups is 1. The van der Waals surface area contributed by atoms with Gasteiger partial charge in [0.25, 0.3) is 0 Å². The first kappa shape index (κ1) is 11.1. The lowest BCUT2D eigenvalue weighted by atomic mass is 10.3. The molecule has 3 rings (SSSR count). The minimum atomic E-state index is -0.500. The standard InChI is InChI=1S/C12H17N5O2/c1-2-17-9(18)7-13-10-11(14-8-15-12(10)17)16-3-5-19-6-4-16/h7-9,18H,2-6H2,1H3/i18D. The maximum Gasteiger partial charge on any atom is 0.213 e. The van der Waals surface area contributed by atoms with Crippen molar-refractivity contribution in [1.29, 1.82) is 1.43 Å². The molecule has 102 valence electrons. The third-order valence-corrected chi connectivity index (χ3v) is 3.35. The van der Waals surface area contributed by atoms with Crippen LogP contribution in [0.2, 0.25) is 0 Å². The molecule has 2 aliphatic rings. The normalized spacial score (nSPS) is 23.2. The summed E-state index contributed by atoms with van der Waals surface area (Å²) in [6.07, 6.45) is 2.65. The highest BCUT2D eigenvalue weighted by Gasteiger charge is 2.27. The predicted molar refractivity (Wildman–Crippen MR) is 72.2 cm³/mol. The van der Waals surface area contributed by atoms with Crippen LogP contribution >= 0.6 is 0 Å². The lowest BCUT2D eigenvalue weighted by Crippen LogP contribution is -2.40. The fourth-order valence-corrected chi connectivity index (χ4v) is 2.36. The molecular weight excluding hydrogens is 246 g/mol. The zero-order chi connectivity index (χ0) is 13.9. The Morgan fingerprint density at radius 1 is 1.42 bits per heavy atom. The number of anilines is 2. The Bertz CT molecular complexity index is 507. The number of rotatable bonds is 3. The maximum absolute atomic E-state index is 7.12. The zero-order valence-electron chi connectivity index (χ0n) is 11.8. The number of nitrogens with zero attached hydrogens (tertiary/aromatic N) is 5. The molecule has 1 unspecified atom stereocenters. The number of hydrogen-bond acceptors (Lipinski definition) is 7. The summed E-state index contributed by atoms with van der Waals surface area (Å²) < 4.78 is 12.5. The number of aliphatic hydroxyl groups excluding tert-OH is 1. The number of ether oxygens (including phenoxy) is 1. The van der Waals surface area contributed by atoms with Gasteiger partial charge in [-0.1, -0.05) is 0 Å². The van der Waals surface area contributed by atoms with E-state index in [1.165, 1.54) is 6.33 Å². The Morgan fingerprint density at radius 2 is 2.21 bits per heavy atom. The molecule has 3 heterocycles. The number of morpholine rings is 1. The van der Waals surface area contributed by atoms with E-state index in [1.54, 1.807) is 6.21 Å². The van der Waals surface area contributed by atoms with E-state index in [9.17, 15) is 0 Å². The molecule has 1 fully saturated rings. The zero-order valence-corrected chi connectivity index (χ0v) is 10.8. The van der Waals surface area contributed by atoms with Gasteiger partial charge in [-0.05, 0) is 6.92 Å². The van der Waals surface area contributed by atoms with E-state index < -0.39 is 6.23 Å². The van der Waals surface area contributed by atoms with Gasteiger partial charge < -0.3 is 19.6 Å². The Balaban J connectivity index is 1.99. The molecule has 1 aromatic heterocycles. The van der Waals surface area contributed by atoms with Gasteiger partial charge in [-0.2, -0.15) is 0 Å². The number of aromatic nitrogens is 2. The largest absolute Gasteiger partial charge is 0.378 e. The van der Waals surface area contributed by atoms with Crippen molar-refractivity contribution < 1.29 is 9.85 Å². The summed E-state index contributed by atoms with van der Waals surface area (Å²) in [5, 5.41) is 4.67. The van der Waals surface area contributed by atoms with Crippen LogP contribution in [0.15, 0.2) is 11.3 Å². The van der Waals surface area contributed by atoms with E-state index >= 15 is 0 Å². The van der Waals surface area contributed by atoms with Crippen molar-refractivity contribution in [1.82, 2.24) is 9.97 Å². The average molecular weight is 264 g/mol. The molecule has 0 amide bonds. The minimum absolute atomic E-state index is 0.500. The molecule has 0 aliphatic carbocycles. The molecule has 0 aromatic carbocycles. The Morgan fingerprint density at radius 3 is 2.95 bits per heavy atom.